The van der Waals surface area contributed by atoms with Crippen molar-refractivity contribution in [3.05, 3.63) is 30.3 Å². The number of carbonyl (C=O) groups excluding carboxylic acids is 1. The first-order chi connectivity index (χ1) is 10.1. The maximum Gasteiger partial charge on any atom is 0.305 e. The van der Waals surface area contributed by atoms with Crippen molar-refractivity contribution in [2.24, 2.45) is 5.92 Å². The molecular weight excluding hydrogens is 272 g/mol. The summed E-state index contributed by atoms with van der Waals surface area (Å²) in [7, 11) is 1.80. The summed E-state index contributed by atoms with van der Waals surface area (Å²) in [6.45, 7) is 1.01. The highest BCUT2D eigenvalue weighted by atomic mass is 16.5. The molecule has 1 saturated heterocycles. The van der Waals surface area contributed by atoms with Crippen molar-refractivity contribution in [2.45, 2.75) is 12.5 Å². The molecule has 1 fully saturated rings. The van der Waals surface area contributed by atoms with E-state index in [4.69, 9.17) is 9.84 Å². The molecule has 2 unspecified atom stereocenters. The lowest BCUT2D eigenvalue weighted by atomic mass is 10.0. The second-order valence-electron chi connectivity index (χ2n) is 5.01. The van der Waals surface area contributed by atoms with E-state index in [1.807, 2.05) is 30.3 Å². The smallest absolute Gasteiger partial charge is 0.305 e. The Balaban J connectivity index is 2.18. The average molecular weight is 292 g/mol. The van der Waals surface area contributed by atoms with E-state index < -0.39 is 5.97 Å². The minimum atomic E-state index is -0.920. The second kappa shape index (κ2) is 7.19. The molecule has 0 bridgehead atoms. The third-order valence-corrected chi connectivity index (χ3v) is 3.65. The number of carboxylic acid groups (broad SMARTS) is 1. The van der Waals surface area contributed by atoms with Gasteiger partial charge in [0.25, 0.3) is 0 Å². The topological polar surface area (TPSA) is 78.9 Å². The summed E-state index contributed by atoms with van der Waals surface area (Å²) in [4.78, 5) is 25.1. The standard InChI is InChI=1S/C15H20N2O4/c1-16-13-10-21-9-12(13)15(20)17(8-7-14(18)19)11-5-3-2-4-6-11/h2-6,12-13,16H,7-10H2,1H3,(H,18,19). The number of para-hydroxylation sites is 1. The highest BCUT2D eigenvalue weighted by Crippen LogP contribution is 2.22. The number of ether oxygens (including phenoxy) is 1. The Labute approximate surface area is 123 Å². The lowest BCUT2D eigenvalue weighted by Crippen LogP contribution is -2.45. The molecule has 2 rings (SSSR count). The zero-order valence-corrected chi connectivity index (χ0v) is 12.0. The van der Waals surface area contributed by atoms with Crippen LogP contribution in [0.4, 0.5) is 5.69 Å². The molecule has 1 heterocycles. The minimum absolute atomic E-state index is 0.0338. The molecule has 6 heteroatoms. The Hall–Kier alpha value is -1.92. The van der Waals surface area contributed by atoms with E-state index in [0.29, 0.717) is 18.9 Å². The molecule has 0 aliphatic carbocycles. The zero-order chi connectivity index (χ0) is 15.2. The monoisotopic (exact) mass is 292 g/mol. The van der Waals surface area contributed by atoms with Crippen LogP contribution in [0.2, 0.25) is 0 Å². The van der Waals surface area contributed by atoms with Gasteiger partial charge in [0.05, 0.1) is 25.6 Å². The summed E-state index contributed by atoms with van der Waals surface area (Å²) in [6, 6.07) is 9.11. The van der Waals surface area contributed by atoms with Crippen LogP contribution in [-0.2, 0) is 14.3 Å². The van der Waals surface area contributed by atoms with Crippen LogP contribution >= 0.6 is 0 Å². The van der Waals surface area contributed by atoms with Crippen LogP contribution in [-0.4, -0.2) is 49.8 Å². The number of rotatable bonds is 6. The molecule has 1 aromatic carbocycles. The number of amides is 1. The number of nitrogens with one attached hydrogen (secondary N) is 1. The van der Waals surface area contributed by atoms with Crippen LogP contribution in [0.25, 0.3) is 0 Å². The number of carboxylic acids is 1. The average Bonchev–Trinajstić information content (AvgIpc) is 2.96. The number of hydrogen-bond donors (Lipinski definition) is 2. The molecule has 1 amide bonds. The maximum atomic E-state index is 12.7. The van der Waals surface area contributed by atoms with E-state index in [1.54, 1.807) is 7.05 Å². The number of hydrogen-bond acceptors (Lipinski definition) is 4. The Kier molecular flexibility index (Phi) is 5.30. The molecule has 1 aliphatic heterocycles. The van der Waals surface area contributed by atoms with Gasteiger partial charge in [-0.15, -0.1) is 0 Å². The fraction of sp³-hybridized carbons (Fsp3) is 0.467. The minimum Gasteiger partial charge on any atom is -0.481 e. The normalized spacial score (nSPS) is 21.2. The Bertz CT molecular complexity index is 492. The molecule has 2 atom stereocenters. The number of aliphatic carboxylic acids is 1. The Morgan fingerprint density at radius 2 is 2.05 bits per heavy atom. The van der Waals surface area contributed by atoms with Crippen LogP contribution in [0.3, 0.4) is 0 Å². The van der Waals surface area contributed by atoms with Crippen molar-refractivity contribution in [2.75, 3.05) is 31.7 Å². The third kappa shape index (κ3) is 3.80. The fourth-order valence-corrected chi connectivity index (χ4v) is 2.46. The van der Waals surface area contributed by atoms with Gasteiger partial charge in [-0.3, -0.25) is 9.59 Å². The summed E-state index contributed by atoms with van der Waals surface area (Å²) >= 11 is 0. The van der Waals surface area contributed by atoms with Gasteiger partial charge >= 0.3 is 5.97 Å². The molecular formula is C15H20N2O4. The molecule has 0 radical (unpaired) electrons. The second-order valence-corrected chi connectivity index (χ2v) is 5.01. The number of benzene rings is 1. The first-order valence-corrected chi connectivity index (χ1v) is 6.96. The number of carbonyl (C=O) groups is 2. The van der Waals surface area contributed by atoms with Gasteiger partial charge in [-0.05, 0) is 19.2 Å². The van der Waals surface area contributed by atoms with E-state index in [2.05, 4.69) is 5.32 Å². The van der Waals surface area contributed by atoms with E-state index in [-0.39, 0.29) is 30.8 Å². The Morgan fingerprint density at radius 3 is 2.67 bits per heavy atom. The predicted molar refractivity (Wildman–Crippen MR) is 78.2 cm³/mol. The lowest BCUT2D eigenvalue weighted by Gasteiger charge is -2.27. The molecule has 2 N–H and O–H groups in total. The van der Waals surface area contributed by atoms with E-state index in [1.165, 1.54) is 4.90 Å². The molecule has 114 valence electrons. The van der Waals surface area contributed by atoms with Crippen LogP contribution in [0.15, 0.2) is 30.3 Å². The molecule has 21 heavy (non-hydrogen) atoms. The van der Waals surface area contributed by atoms with Crippen molar-refractivity contribution in [1.29, 1.82) is 0 Å². The molecule has 0 saturated carbocycles. The van der Waals surface area contributed by atoms with Crippen LogP contribution in [0.5, 0.6) is 0 Å². The van der Waals surface area contributed by atoms with Gasteiger partial charge in [-0.25, -0.2) is 0 Å². The largest absolute Gasteiger partial charge is 0.481 e. The quantitative estimate of drug-likeness (QED) is 0.808. The summed E-state index contributed by atoms with van der Waals surface area (Å²) < 4.78 is 5.37. The van der Waals surface area contributed by atoms with Gasteiger partial charge in [0.2, 0.25) is 5.91 Å². The van der Waals surface area contributed by atoms with E-state index in [0.717, 1.165) is 0 Å². The highest BCUT2D eigenvalue weighted by molar-refractivity contribution is 5.96. The van der Waals surface area contributed by atoms with Crippen molar-refractivity contribution in [3.63, 3.8) is 0 Å². The van der Waals surface area contributed by atoms with Gasteiger partial charge < -0.3 is 20.1 Å². The first kappa shape index (κ1) is 15.5. The number of anilines is 1. The van der Waals surface area contributed by atoms with Gasteiger partial charge in [0.15, 0.2) is 0 Å². The third-order valence-electron chi connectivity index (χ3n) is 3.65. The van der Waals surface area contributed by atoms with Crippen molar-refractivity contribution >= 4 is 17.6 Å². The van der Waals surface area contributed by atoms with Crippen LogP contribution in [0, 0.1) is 5.92 Å². The fourth-order valence-electron chi connectivity index (χ4n) is 2.46. The molecule has 1 aliphatic rings. The first-order valence-electron chi connectivity index (χ1n) is 6.96. The van der Waals surface area contributed by atoms with Crippen LogP contribution in [0.1, 0.15) is 6.42 Å². The summed E-state index contributed by atoms with van der Waals surface area (Å²) in [5, 5.41) is 12.0. The predicted octanol–water partition coefficient (Wildman–Crippen LogP) is 0.729. The molecule has 0 aromatic heterocycles. The zero-order valence-electron chi connectivity index (χ0n) is 12.0. The van der Waals surface area contributed by atoms with Gasteiger partial charge in [0, 0.05) is 18.3 Å². The molecule has 0 spiro atoms. The van der Waals surface area contributed by atoms with E-state index in [9.17, 15) is 9.59 Å². The van der Waals surface area contributed by atoms with Crippen molar-refractivity contribution < 1.29 is 19.4 Å². The van der Waals surface area contributed by atoms with Crippen molar-refractivity contribution in [1.82, 2.24) is 5.32 Å². The maximum absolute atomic E-state index is 12.7. The van der Waals surface area contributed by atoms with Gasteiger partial charge in [-0.2, -0.15) is 0 Å². The number of likely N-dealkylation sites (N-methyl/N-ethyl adjacent to an activating group) is 1. The van der Waals surface area contributed by atoms with E-state index >= 15 is 0 Å². The molecule has 1 aromatic rings. The summed E-state index contributed by atoms with van der Waals surface area (Å²) in [6.07, 6.45) is -0.0849. The summed E-state index contributed by atoms with van der Waals surface area (Å²) in [5.41, 5.74) is 0.713. The number of nitrogens with zero attached hydrogens (tertiary/aromatic N) is 1. The Morgan fingerprint density at radius 1 is 1.33 bits per heavy atom. The SMILES string of the molecule is CNC1COCC1C(=O)N(CCC(=O)O)c1ccccc1. The molecule has 6 nitrogen and oxygen atoms in total. The van der Waals surface area contributed by atoms with Crippen molar-refractivity contribution in [3.8, 4) is 0 Å². The highest BCUT2D eigenvalue weighted by Gasteiger charge is 2.36. The lowest BCUT2D eigenvalue weighted by molar-refractivity contribution is -0.136. The van der Waals surface area contributed by atoms with Gasteiger partial charge in [0.1, 0.15) is 0 Å². The van der Waals surface area contributed by atoms with Gasteiger partial charge in [-0.1, -0.05) is 18.2 Å². The van der Waals surface area contributed by atoms with Crippen LogP contribution < -0.4 is 10.2 Å². The summed E-state index contributed by atoms with van der Waals surface area (Å²) in [5.74, 6) is -1.31.